The van der Waals surface area contributed by atoms with Gasteiger partial charge in [-0.05, 0) is 12.8 Å². The molecule has 1 rings (SSSR count). The third kappa shape index (κ3) is 2.46. The zero-order valence-electron chi connectivity index (χ0n) is 5.22. The molecule has 1 amide bonds. The fraction of sp³-hybridized carbons (Fsp3) is 0.833. The SMILES string of the molecule is [O]CCC(=O)NC1CC1. The van der Waals surface area contributed by atoms with Gasteiger partial charge in [0.1, 0.15) is 0 Å². The van der Waals surface area contributed by atoms with E-state index in [1.54, 1.807) is 0 Å². The Hall–Kier alpha value is -0.570. The molecule has 0 bridgehead atoms. The summed E-state index contributed by atoms with van der Waals surface area (Å²) in [4.78, 5) is 10.6. The molecule has 0 spiro atoms. The van der Waals surface area contributed by atoms with Crippen LogP contribution in [-0.2, 0) is 9.90 Å². The van der Waals surface area contributed by atoms with E-state index < -0.39 is 0 Å². The van der Waals surface area contributed by atoms with Gasteiger partial charge in [0.05, 0.1) is 13.0 Å². The molecular weight excluding hydrogens is 118 g/mol. The van der Waals surface area contributed by atoms with E-state index in [1.165, 1.54) is 0 Å². The molecule has 0 aromatic carbocycles. The molecule has 1 radical (unpaired) electrons. The zero-order valence-corrected chi connectivity index (χ0v) is 5.22. The predicted octanol–water partition coefficient (Wildman–Crippen LogP) is 0.0856. The lowest BCUT2D eigenvalue weighted by molar-refractivity contribution is -0.122. The molecule has 0 aliphatic heterocycles. The molecule has 51 valence electrons. The monoisotopic (exact) mass is 128 g/mol. The van der Waals surface area contributed by atoms with Crippen LogP contribution in [0.1, 0.15) is 19.3 Å². The van der Waals surface area contributed by atoms with Crippen molar-refractivity contribution in [3.05, 3.63) is 0 Å². The highest BCUT2D eigenvalue weighted by Crippen LogP contribution is 2.18. The Morgan fingerprint density at radius 2 is 2.22 bits per heavy atom. The van der Waals surface area contributed by atoms with Crippen molar-refractivity contribution in [3.63, 3.8) is 0 Å². The van der Waals surface area contributed by atoms with Crippen LogP contribution in [0.25, 0.3) is 0 Å². The molecule has 3 heteroatoms. The van der Waals surface area contributed by atoms with Crippen LogP contribution in [-0.4, -0.2) is 18.6 Å². The maximum absolute atomic E-state index is 10.6. The summed E-state index contributed by atoms with van der Waals surface area (Å²) in [6.45, 7) is -0.293. The van der Waals surface area contributed by atoms with Crippen molar-refractivity contribution in [1.29, 1.82) is 0 Å². The summed E-state index contributed by atoms with van der Waals surface area (Å²) in [5, 5.41) is 12.6. The lowest BCUT2D eigenvalue weighted by atomic mass is 10.4. The number of carbonyl (C=O) groups excluding carboxylic acids is 1. The van der Waals surface area contributed by atoms with Gasteiger partial charge in [-0.15, -0.1) is 0 Å². The molecular formula is C6H10NO2. The van der Waals surface area contributed by atoms with E-state index in [0.29, 0.717) is 6.04 Å². The Balaban J connectivity index is 2.02. The fourth-order valence-corrected chi connectivity index (χ4v) is 0.620. The summed E-state index contributed by atoms with van der Waals surface area (Å²) in [6, 6.07) is 0.393. The Bertz CT molecular complexity index is 110. The van der Waals surface area contributed by atoms with Crippen LogP contribution in [0.4, 0.5) is 0 Å². The highest BCUT2D eigenvalue weighted by Gasteiger charge is 2.22. The molecule has 0 atom stereocenters. The second-order valence-corrected chi connectivity index (χ2v) is 2.30. The van der Waals surface area contributed by atoms with Gasteiger partial charge in [-0.3, -0.25) is 4.79 Å². The Kier molecular flexibility index (Phi) is 2.05. The van der Waals surface area contributed by atoms with Crippen molar-refractivity contribution >= 4 is 5.91 Å². The van der Waals surface area contributed by atoms with Crippen molar-refractivity contribution in [2.75, 3.05) is 6.61 Å². The van der Waals surface area contributed by atoms with E-state index in [1.807, 2.05) is 0 Å². The molecule has 1 N–H and O–H groups in total. The van der Waals surface area contributed by atoms with Crippen LogP contribution in [0.3, 0.4) is 0 Å². The third-order valence-corrected chi connectivity index (χ3v) is 1.27. The Morgan fingerprint density at radius 3 is 2.67 bits per heavy atom. The number of carbonyl (C=O) groups is 1. The summed E-state index contributed by atoms with van der Waals surface area (Å²) >= 11 is 0. The van der Waals surface area contributed by atoms with Gasteiger partial charge in [0.2, 0.25) is 5.91 Å². The Labute approximate surface area is 54.1 Å². The lowest BCUT2D eigenvalue weighted by Crippen LogP contribution is -2.25. The highest BCUT2D eigenvalue weighted by molar-refractivity contribution is 5.76. The van der Waals surface area contributed by atoms with Crippen LogP contribution in [0.15, 0.2) is 0 Å². The first-order chi connectivity index (χ1) is 4.33. The second kappa shape index (κ2) is 2.82. The molecule has 0 heterocycles. The third-order valence-electron chi connectivity index (χ3n) is 1.27. The number of hydrogen-bond donors (Lipinski definition) is 1. The van der Waals surface area contributed by atoms with Crippen molar-refractivity contribution in [1.82, 2.24) is 5.32 Å². The first-order valence-electron chi connectivity index (χ1n) is 3.20. The zero-order chi connectivity index (χ0) is 6.69. The minimum absolute atomic E-state index is 0.0903. The molecule has 0 saturated heterocycles. The molecule has 1 fully saturated rings. The summed E-state index contributed by atoms with van der Waals surface area (Å²) in [7, 11) is 0. The second-order valence-electron chi connectivity index (χ2n) is 2.30. The molecule has 1 aliphatic carbocycles. The lowest BCUT2D eigenvalue weighted by Gasteiger charge is -1.97. The molecule has 0 aromatic heterocycles. The maximum atomic E-state index is 10.6. The number of nitrogens with one attached hydrogen (secondary N) is 1. The maximum Gasteiger partial charge on any atom is 0.222 e. The summed E-state index contributed by atoms with van der Waals surface area (Å²) in [5.74, 6) is -0.0903. The normalized spacial score (nSPS) is 17.4. The summed E-state index contributed by atoms with van der Waals surface area (Å²) in [6.07, 6.45) is 2.31. The van der Waals surface area contributed by atoms with Gasteiger partial charge in [0, 0.05) is 6.04 Å². The van der Waals surface area contributed by atoms with E-state index >= 15 is 0 Å². The number of amides is 1. The standard InChI is InChI=1S/C6H10NO2/c8-4-3-6(9)7-5-1-2-5/h5H,1-4H2,(H,7,9). The number of rotatable bonds is 3. The average Bonchev–Trinajstić information content (AvgIpc) is 2.50. The Morgan fingerprint density at radius 1 is 1.56 bits per heavy atom. The van der Waals surface area contributed by atoms with Gasteiger partial charge < -0.3 is 5.32 Å². The first-order valence-corrected chi connectivity index (χ1v) is 3.20. The van der Waals surface area contributed by atoms with E-state index in [9.17, 15) is 9.90 Å². The average molecular weight is 128 g/mol. The molecule has 1 saturated carbocycles. The van der Waals surface area contributed by atoms with Crippen molar-refractivity contribution in [3.8, 4) is 0 Å². The molecule has 0 aromatic rings. The van der Waals surface area contributed by atoms with Gasteiger partial charge in [-0.2, -0.15) is 0 Å². The van der Waals surface area contributed by atoms with Crippen LogP contribution >= 0.6 is 0 Å². The fourth-order valence-electron chi connectivity index (χ4n) is 0.620. The molecule has 0 unspecified atom stereocenters. The molecule has 3 nitrogen and oxygen atoms in total. The van der Waals surface area contributed by atoms with Crippen LogP contribution in [0, 0.1) is 0 Å². The molecule has 1 aliphatic rings. The van der Waals surface area contributed by atoms with Crippen LogP contribution in [0.2, 0.25) is 0 Å². The van der Waals surface area contributed by atoms with E-state index in [4.69, 9.17) is 0 Å². The van der Waals surface area contributed by atoms with Crippen LogP contribution < -0.4 is 5.32 Å². The predicted molar refractivity (Wildman–Crippen MR) is 31.3 cm³/mol. The van der Waals surface area contributed by atoms with Crippen molar-refractivity contribution in [2.45, 2.75) is 25.3 Å². The van der Waals surface area contributed by atoms with Gasteiger partial charge in [-0.1, -0.05) is 0 Å². The van der Waals surface area contributed by atoms with Crippen LogP contribution in [0.5, 0.6) is 0 Å². The van der Waals surface area contributed by atoms with Gasteiger partial charge >= 0.3 is 0 Å². The highest BCUT2D eigenvalue weighted by atomic mass is 16.3. The van der Waals surface area contributed by atoms with Gasteiger partial charge in [-0.25, -0.2) is 5.11 Å². The van der Waals surface area contributed by atoms with E-state index in [2.05, 4.69) is 5.32 Å². The van der Waals surface area contributed by atoms with Crippen molar-refractivity contribution < 1.29 is 9.90 Å². The van der Waals surface area contributed by atoms with E-state index in [-0.39, 0.29) is 18.9 Å². The smallest absolute Gasteiger partial charge is 0.222 e. The number of hydrogen-bond acceptors (Lipinski definition) is 1. The topological polar surface area (TPSA) is 49.0 Å². The summed E-state index contributed by atoms with van der Waals surface area (Å²) < 4.78 is 0. The summed E-state index contributed by atoms with van der Waals surface area (Å²) in [5.41, 5.74) is 0. The van der Waals surface area contributed by atoms with E-state index in [0.717, 1.165) is 12.8 Å². The van der Waals surface area contributed by atoms with Gasteiger partial charge in [0.15, 0.2) is 0 Å². The minimum atomic E-state index is -0.293. The quantitative estimate of drug-likeness (QED) is 0.575. The molecule has 9 heavy (non-hydrogen) atoms. The van der Waals surface area contributed by atoms with Crippen molar-refractivity contribution in [2.24, 2.45) is 0 Å². The first kappa shape index (κ1) is 6.55. The van der Waals surface area contributed by atoms with Gasteiger partial charge in [0.25, 0.3) is 0 Å². The minimum Gasteiger partial charge on any atom is -0.353 e. The largest absolute Gasteiger partial charge is 0.353 e.